The molecule has 11 heteroatoms. The number of halogens is 3. The molecule has 1 amide bonds. The van der Waals surface area contributed by atoms with Crippen LogP contribution in [0.15, 0.2) is 36.5 Å². The van der Waals surface area contributed by atoms with E-state index in [1.807, 2.05) is 37.3 Å². The summed E-state index contributed by atoms with van der Waals surface area (Å²) in [5, 5.41) is 0.195. The van der Waals surface area contributed by atoms with Crippen LogP contribution in [0.5, 0.6) is 6.01 Å². The molecule has 0 spiro atoms. The number of pyridine rings is 1. The van der Waals surface area contributed by atoms with Crippen LogP contribution in [-0.4, -0.2) is 74.8 Å². The van der Waals surface area contributed by atoms with Gasteiger partial charge in [-0.15, -0.1) is 0 Å². The van der Waals surface area contributed by atoms with Crippen LogP contribution in [0.3, 0.4) is 0 Å². The van der Waals surface area contributed by atoms with Gasteiger partial charge in [0.15, 0.2) is 11.0 Å². The number of carbonyl (C=O) groups excluding carboxylic acids is 1. The number of fused-ring (bicyclic) bond motifs is 2. The van der Waals surface area contributed by atoms with E-state index in [0.717, 1.165) is 24.9 Å². The zero-order valence-electron chi connectivity index (χ0n) is 22.4. The lowest BCUT2D eigenvalue weighted by atomic mass is 9.87. The second kappa shape index (κ2) is 11.0. The normalized spacial score (nSPS) is 26.7. The van der Waals surface area contributed by atoms with Crippen molar-refractivity contribution in [2.75, 3.05) is 26.2 Å². The number of hydrogen-bond acceptors (Lipinski definition) is 7. The van der Waals surface area contributed by atoms with Crippen LogP contribution in [0.1, 0.15) is 56.2 Å². The molecule has 3 aliphatic rings. The van der Waals surface area contributed by atoms with Crippen LogP contribution >= 0.6 is 11.6 Å². The fourth-order valence-electron chi connectivity index (χ4n) is 6.55. The van der Waals surface area contributed by atoms with E-state index in [9.17, 15) is 9.18 Å². The number of benzene rings is 1. The number of piperidine rings is 1. The topological polar surface area (TPSA) is 80.7 Å². The molecule has 3 saturated heterocycles. The van der Waals surface area contributed by atoms with E-state index in [2.05, 4.69) is 14.9 Å². The van der Waals surface area contributed by atoms with Gasteiger partial charge in [-0.25, -0.2) is 18.6 Å². The predicted molar refractivity (Wildman–Crippen MR) is 146 cm³/mol. The first-order valence-corrected chi connectivity index (χ1v) is 14.2. The Hall–Kier alpha value is -3.11. The highest BCUT2D eigenvalue weighted by atomic mass is 35.5. The molecule has 1 aromatic carbocycles. The summed E-state index contributed by atoms with van der Waals surface area (Å²) >= 11 is 6.00. The van der Waals surface area contributed by atoms with Gasteiger partial charge in [0, 0.05) is 43.1 Å². The molecule has 3 fully saturated rings. The fraction of sp³-hybridized carbons (Fsp3) is 0.517. The van der Waals surface area contributed by atoms with Crippen molar-refractivity contribution >= 4 is 28.6 Å². The van der Waals surface area contributed by atoms with Crippen molar-refractivity contribution in [1.82, 2.24) is 24.8 Å². The van der Waals surface area contributed by atoms with E-state index >= 15 is 4.39 Å². The average molecular weight is 572 g/mol. The van der Waals surface area contributed by atoms with Crippen molar-refractivity contribution in [3.63, 3.8) is 0 Å². The van der Waals surface area contributed by atoms with Crippen LogP contribution in [0.25, 0.3) is 10.9 Å². The van der Waals surface area contributed by atoms with E-state index in [4.69, 9.17) is 26.1 Å². The molecule has 1 unspecified atom stereocenters. The zero-order chi connectivity index (χ0) is 27.9. The zero-order valence-corrected chi connectivity index (χ0v) is 23.1. The molecular weight excluding hydrogens is 540 g/mol. The number of alkyl halides is 1. The van der Waals surface area contributed by atoms with Gasteiger partial charge in [0.25, 0.3) is 0 Å². The molecule has 0 radical (unpaired) electrons. The summed E-state index contributed by atoms with van der Waals surface area (Å²) in [5.41, 5.74) is 1.20. The summed E-state index contributed by atoms with van der Waals surface area (Å²) < 4.78 is 41.0. The Bertz CT molecular complexity index is 1400. The molecule has 0 aliphatic carbocycles. The molecule has 40 heavy (non-hydrogen) atoms. The Morgan fingerprint density at radius 2 is 2.05 bits per heavy atom. The number of aromatic nitrogens is 3. The smallest absolute Gasteiger partial charge is 0.410 e. The monoisotopic (exact) mass is 571 g/mol. The molecular formula is C29H32ClF2N5O3. The summed E-state index contributed by atoms with van der Waals surface area (Å²) in [6.45, 7) is 4.12. The predicted octanol–water partition coefficient (Wildman–Crippen LogP) is 5.68. The highest BCUT2D eigenvalue weighted by molar-refractivity contribution is 6.30. The number of ether oxygens (including phenoxy) is 2. The molecule has 0 bridgehead atoms. The first-order valence-electron chi connectivity index (χ1n) is 13.8. The van der Waals surface area contributed by atoms with Crippen molar-refractivity contribution in [3.05, 3.63) is 58.8 Å². The fourth-order valence-corrected chi connectivity index (χ4v) is 6.69. The summed E-state index contributed by atoms with van der Waals surface area (Å²) in [5.74, 6) is -0.820. The summed E-state index contributed by atoms with van der Waals surface area (Å²) in [7, 11) is 0. The molecule has 3 aromatic rings. The minimum absolute atomic E-state index is 0.0459. The van der Waals surface area contributed by atoms with Gasteiger partial charge in [-0.1, -0.05) is 41.9 Å². The molecule has 3 aliphatic heterocycles. The Morgan fingerprint density at radius 3 is 2.85 bits per heavy atom. The van der Waals surface area contributed by atoms with E-state index in [1.165, 1.54) is 6.20 Å². The van der Waals surface area contributed by atoms with Crippen LogP contribution in [0.2, 0.25) is 5.15 Å². The van der Waals surface area contributed by atoms with Gasteiger partial charge in [-0.05, 0) is 44.7 Å². The van der Waals surface area contributed by atoms with Crippen LogP contribution in [0, 0.1) is 5.82 Å². The lowest BCUT2D eigenvalue weighted by Gasteiger charge is -2.37. The molecule has 6 rings (SSSR count). The quantitative estimate of drug-likeness (QED) is 0.352. The molecule has 212 valence electrons. The number of carbonyl (C=O) groups is 1. The van der Waals surface area contributed by atoms with E-state index < -0.39 is 12.0 Å². The van der Waals surface area contributed by atoms with Crippen LogP contribution in [0.4, 0.5) is 13.6 Å². The van der Waals surface area contributed by atoms with E-state index in [0.29, 0.717) is 43.4 Å². The maximum absolute atomic E-state index is 15.1. The van der Waals surface area contributed by atoms with Crippen molar-refractivity contribution < 1.29 is 23.0 Å². The van der Waals surface area contributed by atoms with Gasteiger partial charge in [0.1, 0.15) is 24.9 Å². The van der Waals surface area contributed by atoms with Crippen molar-refractivity contribution in [2.24, 2.45) is 0 Å². The number of nitrogens with zero attached hydrogens (tertiary/aromatic N) is 5. The van der Waals surface area contributed by atoms with Gasteiger partial charge < -0.3 is 14.4 Å². The SMILES string of the molecule is C[C@@H]1CC(c2nc(OC[C@@]34CCCN3C[C@H](F)C4)nc3c(F)c(Cl)ncc23)CCN1C(=O)OCc1ccccc1. The summed E-state index contributed by atoms with van der Waals surface area (Å²) in [6, 6.07) is 9.46. The Labute approximate surface area is 236 Å². The number of likely N-dealkylation sites (tertiary alicyclic amines) is 1. The van der Waals surface area contributed by atoms with Gasteiger partial charge in [0.2, 0.25) is 0 Å². The number of rotatable bonds is 6. The Balaban J connectivity index is 1.21. The third kappa shape index (κ3) is 5.19. The molecule has 2 aromatic heterocycles. The molecule has 8 nitrogen and oxygen atoms in total. The Morgan fingerprint density at radius 1 is 1.23 bits per heavy atom. The van der Waals surface area contributed by atoms with Gasteiger partial charge in [0.05, 0.1) is 11.2 Å². The first-order chi connectivity index (χ1) is 19.3. The molecule has 5 heterocycles. The second-order valence-electron chi connectivity index (χ2n) is 11.2. The largest absolute Gasteiger partial charge is 0.461 e. The van der Waals surface area contributed by atoms with Crippen molar-refractivity contribution in [1.29, 1.82) is 0 Å². The highest BCUT2D eigenvalue weighted by Gasteiger charge is 2.49. The lowest BCUT2D eigenvalue weighted by molar-refractivity contribution is 0.0682. The summed E-state index contributed by atoms with van der Waals surface area (Å²) in [4.78, 5) is 29.8. The minimum atomic E-state index is -0.884. The first kappa shape index (κ1) is 27.1. The maximum Gasteiger partial charge on any atom is 0.410 e. The Kier molecular flexibility index (Phi) is 7.48. The standard InChI is InChI=1S/C29H32ClF2N5O3/c1-18-12-20(8-11-37(18)28(38)39-16-19-6-3-2-4-7-19)24-22-14-33-26(30)23(32)25(22)35-27(34-24)40-17-29-9-5-10-36(29)15-21(31)13-29/h2-4,6-7,14,18,20-21H,5,8-13,15-17H2,1H3/t18-,20?,21-,29+/m1/s1. The van der Waals surface area contributed by atoms with Gasteiger partial charge in [-0.3, -0.25) is 4.90 Å². The van der Waals surface area contributed by atoms with Gasteiger partial charge in [-0.2, -0.15) is 9.97 Å². The third-order valence-electron chi connectivity index (χ3n) is 8.58. The van der Waals surface area contributed by atoms with E-state index in [1.54, 1.807) is 4.90 Å². The third-order valence-corrected chi connectivity index (χ3v) is 8.85. The van der Waals surface area contributed by atoms with Crippen molar-refractivity contribution in [3.8, 4) is 6.01 Å². The lowest BCUT2D eigenvalue weighted by Crippen LogP contribution is -2.44. The van der Waals surface area contributed by atoms with Crippen LogP contribution < -0.4 is 4.74 Å². The maximum atomic E-state index is 15.1. The second-order valence-corrected chi connectivity index (χ2v) is 11.5. The number of hydrogen-bond donors (Lipinski definition) is 0. The molecule has 0 N–H and O–H groups in total. The number of amides is 1. The van der Waals surface area contributed by atoms with Gasteiger partial charge >= 0.3 is 12.1 Å². The van der Waals surface area contributed by atoms with E-state index in [-0.39, 0.29) is 53.5 Å². The van der Waals surface area contributed by atoms with Crippen LogP contribution in [-0.2, 0) is 11.3 Å². The average Bonchev–Trinajstić information content (AvgIpc) is 3.48. The van der Waals surface area contributed by atoms with Crippen molar-refractivity contribution in [2.45, 2.75) is 69.3 Å². The highest BCUT2D eigenvalue weighted by Crippen LogP contribution is 2.41. The summed E-state index contributed by atoms with van der Waals surface area (Å²) in [6.07, 6.45) is 3.67. The minimum Gasteiger partial charge on any atom is -0.461 e. The molecule has 4 atom stereocenters. The molecule has 0 saturated carbocycles.